The van der Waals surface area contributed by atoms with Crippen LogP contribution in [-0.2, 0) is 0 Å². The lowest BCUT2D eigenvalue weighted by Gasteiger charge is -2.32. The van der Waals surface area contributed by atoms with E-state index < -0.39 is 0 Å². The number of fused-ring (bicyclic) bond motifs is 7. The summed E-state index contributed by atoms with van der Waals surface area (Å²) in [6, 6.07) is 81.2. The molecule has 61 heavy (non-hydrogen) atoms. The summed E-state index contributed by atoms with van der Waals surface area (Å²) in [6.07, 6.45) is 0. The molecule has 286 valence electrons. The van der Waals surface area contributed by atoms with Crippen molar-refractivity contribution in [2.75, 3.05) is 4.90 Å². The zero-order chi connectivity index (χ0) is 40.3. The first-order valence-electron chi connectivity index (χ1n) is 20.8. The van der Waals surface area contributed by atoms with Gasteiger partial charge in [0.2, 0.25) is 0 Å². The van der Waals surface area contributed by atoms with E-state index in [0.29, 0.717) is 0 Å². The lowest BCUT2D eigenvalue weighted by molar-refractivity contribution is 0.670. The molecule has 0 saturated heterocycles. The Balaban J connectivity index is 1.17. The van der Waals surface area contributed by atoms with Gasteiger partial charge in [0, 0.05) is 53.2 Å². The van der Waals surface area contributed by atoms with E-state index in [1.807, 2.05) is 17.4 Å². The monoisotopic (exact) mass is 795 g/mol. The van der Waals surface area contributed by atoms with Crippen molar-refractivity contribution in [2.45, 2.75) is 0 Å². The molecule has 12 aromatic rings. The summed E-state index contributed by atoms with van der Waals surface area (Å²) < 4.78 is 9.31. The number of nitrogens with zero attached hydrogens (tertiary/aromatic N) is 1. The maximum Gasteiger partial charge on any atom is 0.143 e. The molecular weight excluding hydrogens is 759 g/mol. The number of para-hydroxylation sites is 5. The van der Waals surface area contributed by atoms with Crippen molar-refractivity contribution in [1.29, 1.82) is 0 Å². The van der Waals surface area contributed by atoms with E-state index in [1.54, 1.807) is 0 Å². The van der Waals surface area contributed by atoms with Gasteiger partial charge in [-0.05, 0) is 69.4 Å². The molecule has 12 rings (SSSR count). The van der Waals surface area contributed by atoms with Crippen LogP contribution < -0.4 is 4.90 Å². The minimum absolute atomic E-state index is 0.883. The number of hydrogen-bond donors (Lipinski definition) is 0. The molecule has 0 saturated carbocycles. The van der Waals surface area contributed by atoms with Gasteiger partial charge in [-0.1, -0.05) is 188 Å². The summed E-state index contributed by atoms with van der Waals surface area (Å²) in [5, 5.41) is 7.22. The molecule has 0 fully saturated rings. The molecule has 2 aromatic heterocycles. The van der Waals surface area contributed by atoms with Gasteiger partial charge in [0.05, 0.1) is 17.1 Å². The van der Waals surface area contributed by atoms with Crippen molar-refractivity contribution in [3.63, 3.8) is 0 Å². The second kappa shape index (κ2) is 14.5. The highest BCUT2D eigenvalue weighted by atomic mass is 32.1. The maximum atomic E-state index is 6.74. The molecule has 0 unspecified atom stereocenters. The van der Waals surface area contributed by atoms with E-state index >= 15 is 0 Å². The maximum absolute atomic E-state index is 6.74. The van der Waals surface area contributed by atoms with Crippen molar-refractivity contribution < 1.29 is 4.42 Å². The van der Waals surface area contributed by atoms with Gasteiger partial charge < -0.3 is 9.32 Å². The molecule has 0 radical (unpaired) electrons. The van der Waals surface area contributed by atoms with Crippen LogP contribution in [0.3, 0.4) is 0 Å². The van der Waals surface area contributed by atoms with E-state index in [9.17, 15) is 0 Å². The summed E-state index contributed by atoms with van der Waals surface area (Å²) in [6.45, 7) is 0. The van der Waals surface area contributed by atoms with Crippen LogP contribution >= 0.6 is 11.3 Å². The number of thiophene rings is 1. The highest BCUT2D eigenvalue weighted by Gasteiger charge is 2.26. The largest absolute Gasteiger partial charge is 0.455 e. The van der Waals surface area contributed by atoms with Crippen LogP contribution in [0.4, 0.5) is 17.1 Å². The van der Waals surface area contributed by atoms with E-state index in [-0.39, 0.29) is 0 Å². The van der Waals surface area contributed by atoms with Crippen LogP contribution in [-0.4, -0.2) is 0 Å². The Labute approximate surface area is 357 Å². The fraction of sp³-hybridized carbons (Fsp3) is 0. The summed E-state index contributed by atoms with van der Waals surface area (Å²) >= 11 is 1.86. The van der Waals surface area contributed by atoms with Crippen molar-refractivity contribution in [3.8, 4) is 44.5 Å². The predicted molar refractivity (Wildman–Crippen MR) is 261 cm³/mol. The summed E-state index contributed by atoms with van der Waals surface area (Å²) in [4.78, 5) is 2.50. The van der Waals surface area contributed by atoms with Gasteiger partial charge in [0.25, 0.3) is 0 Å². The molecule has 0 bridgehead atoms. The number of hydrogen-bond acceptors (Lipinski definition) is 3. The van der Waals surface area contributed by atoms with Crippen LogP contribution in [0, 0.1) is 0 Å². The average Bonchev–Trinajstić information content (AvgIpc) is 3.91. The van der Waals surface area contributed by atoms with E-state index in [2.05, 4.69) is 223 Å². The molecule has 0 N–H and O–H groups in total. The van der Waals surface area contributed by atoms with Crippen LogP contribution in [0.5, 0.6) is 0 Å². The first-order valence-corrected chi connectivity index (χ1v) is 21.6. The van der Waals surface area contributed by atoms with Gasteiger partial charge in [0.1, 0.15) is 11.2 Å². The number of benzene rings is 10. The number of furan rings is 1. The fourth-order valence-corrected chi connectivity index (χ4v) is 10.6. The summed E-state index contributed by atoms with van der Waals surface area (Å²) in [5.41, 5.74) is 14.2. The average molecular weight is 796 g/mol. The molecule has 0 amide bonds. The van der Waals surface area contributed by atoms with Gasteiger partial charge in [-0.25, -0.2) is 0 Å². The van der Waals surface area contributed by atoms with Gasteiger partial charge in [0.15, 0.2) is 0 Å². The first-order chi connectivity index (χ1) is 30.3. The molecular formula is C58H37NOS. The minimum Gasteiger partial charge on any atom is -0.455 e. The molecule has 0 aliphatic rings. The molecule has 0 aliphatic heterocycles. The quantitative estimate of drug-likeness (QED) is 0.160. The molecule has 0 spiro atoms. The van der Waals surface area contributed by atoms with Crippen LogP contribution in [0.1, 0.15) is 0 Å². The molecule has 0 atom stereocenters. The highest BCUT2D eigenvalue weighted by Crippen LogP contribution is 2.51. The molecule has 10 aromatic carbocycles. The number of rotatable bonds is 7. The second-order valence-electron chi connectivity index (χ2n) is 15.5. The minimum atomic E-state index is 0.883. The SMILES string of the molecule is c1ccc(-c2cccc3cccc(-c4ccccc4N(c4ccccc4-c4cccc5c4oc4ccccc45)c4ccccc4-c4cccc5sc6ccccc6c45)c23)cc1. The van der Waals surface area contributed by atoms with E-state index in [4.69, 9.17) is 4.42 Å². The van der Waals surface area contributed by atoms with Gasteiger partial charge >= 0.3 is 0 Å². The Hall–Kier alpha value is -7.72. The normalized spacial score (nSPS) is 11.6. The Kier molecular flexibility index (Phi) is 8.39. The third kappa shape index (κ3) is 5.78. The van der Waals surface area contributed by atoms with Crippen LogP contribution in [0.2, 0.25) is 0 Å². The third-order valence-corrected chi connectivity index (χ3v) is 13.2. The number of anilines is 3. The molecule has 3 heteroatoms. The van der Waals surface area contributed by atoms with Crippen molar-refractivity contribution >= 4 is 81.3 Å². The molecule has 0 aliphatic carbocycles. The van der Waals surface area contributed by atoms with Crippen LogP contribution in [0.15, 0.2) is 229 Å². The summed E-state index contributed by atoms with van der Waals surface area (Å²) in [5.74, 6) is 0. The second-order valence-corrected chi connectivity index (χ2v) is 16.6. The van der Waals surface area contributed by atoms with Crippen LogP contribution in [0.25, 0.3) is 97.4 Å². The fourth-order valence-electron chi connectivity index (χ4n) is 9.46. The third-order valence-electron chi connectivity index (χ3n) is 12.1. The topological polar surface area (TPSA) is 16.4 Å². The Morgan fingerprint density at radius 2 is 0.787 bits per heavy atom. The molecule has 2 heterocycles. The molecule has 2 nitrogen and oxygen atoms in total. The summed E-state index contributed by atoms with van der Waals surface area (Å²) in [7, 11) is 0. The first kappa shape index (κ1) is 35.2. The predicted octanol–water partition coefficient (Wildman–Crippen LogP) is 17.2. The smallest absolute Gasteiger partial charge is 0.143 e. The van der Waals surface area contributed by atoms with Gasteiger partial charge in [-0.2, -0.15) is 0 Å². The van der Waals surface area contributed by atoms with Crippen molar-refractivity contribution in [2.24, 2.45) is 0 Å². The van der Waals surface area contributed by atoms with Gasteiger partial charge in [-0.3, -0.25) is 0 Å². The Morgan fingerprint density at radius 3 is 1.51 bits per heavy atom. The zero-order valence-electron chi connectivity index (χ0n) is 33.1. The Bertz CT molecular complexity index is 3610. The zero-order valence-corrected chi connectivity index (χ0v) is 33.9. The van der Waals surface area contributed by atoms with Crippen molar-refractivity contribution in [1.82, 2.24) is 0 Å². The lowest BCUT2D eigenvalue weighted by atomic mass is 9.90. The van der Waals surface area contributed by atoms with Gasteiger partial charge in [-0.15, -0.1) is 11.3 Å². The van der Waals surface area contributed by atoms with Crippen molar-refractivity contribution in [3.05, 3.63) is 224 Å². The highest BCUT2D eigenvalue weighted by molar-refractivity contribution is 7.25. The Morgan fingerprint density at radius 1 is 0.311 bits per heavy atom. The van der Waals surface area contributed by atoms with E-state index in [0.717, 1.165) is 61.3 Å². The van der Waals surface area contributed by atoms with E-state index in [1.165, 1.54) is 53.2 Å². The standard InChI is InChI=1S/C58H37NOS/c1-2-18-38(19-3-1)40-27-14-20-39-21-15-28-45(56(39)40)41-22-4-9-32-50(41)59(51-33-10-5-23-42(51)46-29-17-37-55-57(46)49-26-8-13-36-54(49)61-55)52-34-11-6-24-43(52)47-30-16-31-48-44-25-7-12-35-53(44)60-58(47)48/h1-37H. The lowest BCUT2D eigenvalue weighted by Crippen LogP contribution is -2.13.